The quantitative estimate of drug-likeness (QED) is 0.690. The Morgan fingerprint density at radius 3 is 2.79 bits per heavy atom. The highest BCUT2D eigenvalue weighted by atomic mass is 32.1. The van der Waals surface area contributed by atoms with Crippen molar-refractivity contribution in [3.8, 4) is 5.75 Å². The number of nitrogens with zero attached hydrogens (tertiary/aromatic N) is 2. The average Bonchev–Trinajstić information content (AvgIpc) is 3.25. The summed E-state index contributed by atoms with van der Waals surface area (Å²) < 4.78 is 6.44. The molecule has 4 rings (SSSR count). The number of benzene rings is 2. The van der Waals surface area contributed by atoms with E-state index in [0.29, 0.717) is 18.3 Å². The number of carbonyl (C=O) groups is 2. The molecule has 3 aromatic rings. The number of carbonyl (C=O) groups excluding carboxylic acids is 2. The molecular weight excluding hydrogens is 376 g/mol. The molecule has 0 bridgehead atoms. The zero-order valence-corrected chi connectivity index (χ0v) is 16.2. The fraction of sp³-hybridized carbons (Fsp3) is 0.250. The van der Waals surface area contributed by atoms with Gasteiger partial charge in [-0.15, -0.1) is 0 Å². The molecule has 144 valence electrons. The maximum atomic E-state index is 12.4. The molecule has 7 nitrogen and oxygen atoms in total. The van der Waals surface area contributed by atoms with Crippen LogP contribution in [0.15, 0.2) is 48.5 Å². The summed E-state index contributed by atoms with van der Waals surface area (Å²) in [5.74, 6) is 0.747. The van der Waals surface area contributed by atoms with E-state index in [-0.39, 0.29) is 24.4 Å². The third kappa shape index (κ3) is 3.91. The number of nitrogens with one attached hydrogen (secondary N) is 2. The van der Waals surface area contributed by atoms with Crippen LogP contribution in [0.4, 0.5) is 15.6 Å². The predicted molar refractivity (Wildman–Crippen MR) is 110 cm³/mol. The molecule has 1 atom stereocenters. The highest BCUT2D eigenvalue weighted by molar-refractivity contribution is 7.22. The Labute approximate surface area is 166 Å². The number of aromatic nitrogens is 1. The Bertz CT molecular complexity index is 969. The number of hydrogen-bond acceptors (Lipinski definition) is 5. The number of anilines is 2. The van der Waals surface area contributed by atoms with E-state index in [9.17, 15) is 9.59 Å². The summed E-state index contributed by atoms with van der Waals surface area (Å²) in [5.41, 5.74) is 1.64. The Morgan fingerprint density at radius 1 is 1.25 bits per heavy atom. The van der Waals surface area contributed by atoms with Crippen LogP contribution in [0.3, 0.4) is 0 Å². The summed E-state index contributed by atoms with van der Waals surface area (Å²) in [4.78, 5) is 30.7. The number of urea groups is 1. The maximum absolute atomic E-state index is 12.4. The van der Waals surface area contributed by atoms with Crippen molar-refractivity contribution >= 4 is 44.3 Å². The van der Waals surface area contributed by atoms with E-state index < -0.39 is 0 Å². The van der Waals surface area contributed by atoms with Crippen LogP contribution in [0, 0.1) is 0 Å². The van der Waals surface area contributed by atoms with Gasteiger partial charge < -0.3 is 15.0 Å². The molecule has 2 aromatic carbocycles. The van der Waals surface area contributed by atoms with E-state index in [1.807, 2.05) is 55.5 Å². The van der Waals surface area contributed by atoms with Crippen LogP contribution < -0.4 is 20.3 Å². The lowest BCUT2D eigenvalue weighted by Crippen LogP contribution is -2.39. The standard InChI is InChI=1S/C20H20N4O3S/c1-2-27-15-9-7-14(8-10-15)24-12-13(11-18(24)25)21-19(26)23-20-22-16-5-3-4-6-17(16)28-20/h3-10,13H,2,11-12H2,1H3,(H2,21,22,23,26)/t13-/m0/s1. The van der Waals surface area contributed by atoms with Crippen LogP contribution in [0.2, 0.25) is 0 Å². The first-order valence-corrected chi connectivity index (χ1v) is 9.90. The van der Waals surface area contributed by atoms with Gasteiger partial charge in [-0.25, -0.2) is 9.78 Å². The molecule has 1 aromatic heterocycles. The van der Waals surface area contributed by atoms with Crippen LogP contribution in [0.25, 0.3) is 10.2 Å². The second kappa shape index (κ2) is 7.85. The van der Waals surface area contributed by atoms with Crippen molar-refractivity contribution in [3.63, 3.8) is 0 Å². The molecule has 1 fully saturated rings. The van der Waals surface area contributed by atoms with Gasteiger partial charge in [-0.1, -0.05) is 23.5 Å². The Kier molecular flexibility index (Phi) is 5.12. The van der Waals surface area contributed by atoms with Gasteiger partial charge in [-0.3, -0.25) is 10.1 Å². The van der Waals surface area contributed by atoms with E-state index >= 15 is 0 Å². The normalized spacial score (nSPS) is 16.4. The van der Waals surface area contributed by atoms with Crippen molar-refractivity contribution < 1.29 is 14.3 Å². The molecule has 1 aliphatic rings. The number of ether oxygens (including phenoxy) is 1. The van der Waals surface area contributed by atoms with Crippen LogP contribution in [-0.4, -0.2) is 36.1 Å². The lowest BCUT2D eigenvalue weighted by molar-refractivity contribution is -0.117. The van der Waals surface area contributed by atoms with Gasteiger partial charge in [0.2, 0.25) is 5.91 Å². The zero-order valence-electron chi connectivity index (χ0n) is 15.3. The van der Waals surface area contributed by atoms with Crippen molar-refractivity contribution in [2.45, 2.75) is 19.4 Å². The number of amides is 3. The van der Waals surface area contributed by atoms with E-state index in [4.69, 9.17) is 4.74 Å². The summed E-state index contributed by atoms with van der Waals surface area (Å²) in [6, 6.07) is 14.5. The Balaban J connectivity index is 1.36. The highest BCUT2D eigenvalue weighted by Gasteiger charge is 2.31. The molecule has 2 N–H and O–H groups in total. The fourth-order valence-corrected chi connectivity index (χ4v) is 4.05. The van der Waals surface area contributed by atoms with Gasteiger partial charge in [0, 0.05) is 18.7 Å². The molecule has 1 aliphatic heterocycles. The minimum absolute atomic E-state index is 0.0190. The molecule has 0 aliphatic carbocycles. The van der Waals surface area contributed by atoms with Crippen LogP contribution in [0.5, 0.6) is 5.75 Å². The topological polar surface area (TPSA) is 83.6 Å². The summed E-state index contributed by atoms with van der Waals surface area (Å²) in [5, 5.41) is 6.16. The number of thiazole rings is 1. The minimum Gasteiger partial charge on any atom is -0.494 e. The Morgan fingerprint density at radius 2 is 2.04 bits per heavy atom. The molecule has 0 radical (unpaired) electrons. The molecule has 2 heterocycles. The number of fused-ring (bicyclic) bond motifs is 1. The lowest BCUT2D eigenvalue weighted by Gasteiger charge is -2.17. The number of rotatable bonds is 5. The second-order valence-corrected chi connectivity index (χ2v) is 7.45. The first kappa shape index (κ1) is 18.2. The van der Waals surface area contributed by atoms with Crippen LogP contribution in [0.1, 0.15) is 13.3 Å². The largest absolute Gasteiger partial charge is 0.494 e. The molecule has 3 amide bonds. The molecule has 0 saturated carbocycles. The average molecular weight is 396 g/mol. The van der Waals surface area contributed by atoms with Gasteiger partial charge in [-0.2, -0.15) is 0 Å². The molecule has 0 unspecified atom stereocenters. The van der Waals surface area contributed by atoms with Gasteiger partial charge in [0.15, 0.2) is 5.13 Å². The highest BCUT2D eigenvalue weighted by Crippen LogP contribution is 2.26. The molecule has 0 spiro atoms. The minimum atomic E-state index is -0.356. The van der Waals surface area contributed by atoms with Gasteiger partial charge in [0.1, 0.15) is 5.75 Å². The van der Waals surface area contributed by atoms with E-state index in [2.05, 4.69) is 15.6 Å². The second-order valence-electron chi connectivity index (χ2n) is 6.42. The van der Waals surface area contributed by atoms with Crippen molar-refractivity contribution in [3.05, 3.63) is 48.5 Å². The van der Waals surface area contributed by atoms with Gasteiger partial charge in [-0.05, 0) is 43.3 Å². The first-order valence-electron chi connectivity index (χ1n) is 9.08. The van der Waals surface area contributed by atoms with Gasteiger partial charge in [0.05, 0.1) is 22.9 Å². The lowest BCUT2D eigenvalue weighted by atomic mass is 10.2. The van der Waals surface area contributed by atoms with E-state index in [1.165, 1.54) is 11.3 Å². The van der Waals surface area contributed by atoms with Crippen LogP contribution >= 0.6 is 11.3 Å². The summed E-state index contributed by atoms with van der Waals surface area (Å²) in [6.07, 6.45) is 0.264. The van der Waals surface area contributed by atoms with E-state index in [1.54, 1.807) is 4.90 Å². The zero-order chi connectivity index (χ0) is 19.5. The van der Waals surface area contributed by atoms with Crippen LogP contribution in [-0.2, 0) is 4.79 Å². The smallest absolute Gasteiger partial charge is 0.321 e. The van der Waals surface area contributed by atoms with E-state index in [0.717, 1.165) is 21.7 Å². The monoisotopic (exact) mass is 396 g/mol. The third-order valence-electron chi connectivity index (χ3n) is 4.43. The van der Waals surface area contributed by atoms with Crippen molar-refractivity contribution in [1.29, 1.82) is 0 Å². The number of hydrogen-bond donors (Lipinski definition) is 2. The van der Waals surface area contributed by atoms with Crippen molar-refractivity contribution in [2.24, 2.45) is 0 Å². The molecule has 8 heteroatoms. The molecular formula is C20H20N4O3S. The van der Waals surface area contributed by atoms with Crippen molar-refractivity contribution in [1.82, 2.24) is 10.3 Å². The SMILES string of the molecule is CCOc1ccc(N2C[C@@H](NC(=O)Nc3nc4ccccc4s3)CC2=O)cc1. The van der Waals surface area contributed by atoms with Gasteiger partial charge in [0.25, 0.3) is 0 Å². The summed E-state index contributed by atoms with van der Waals surface area (Å²) in [7, 11) is 0. The predicted octanol–water partition coefficient (Wildman–Crippen LogP) is 3.62. The molecule has 1 saturated heterocycles. The molecule has 28 heavy (non-hydrogen) atoms. The maximum Gasteiger partial charge on any atom is 0.321 e. The van der Waals surface area contributed by atoms with Gasteiger partial charge >= 0.3 is 6.03 Å². The summed E-state index contributed by atoms with van der Waals surface area (Å²) in [6.45, 7) is 2.95. The fourth-order valence-electron chi connectivity index (χ4n) is 3.19. The third-order valence-corrected chi connectivity index (χ3v) is 5.39. The summed E-state index contributed by atoms with van der Waals surface area (Å²) >= 11 is 1.41. The van der Waals surface area contributed by atoms with Crippen molar-refractivity contribution in [2.75, 3.05) is 23.4 Å². The number of para-hydroxylation sites is 1. The first-order chi connectivity index (χ1) is 13.6. The Hall–Kier alpha value is -3.13.